The second kappa shape index (κ2) is 6.74. The molecular weight excluding hydrogens is 264 g/mol. The Labute approximate surface area is 126 Å². The van der Waals surface area contributed by atoms with Crippen molar-refractivity contribution in [1.29, 1.82) is 0 Å². The van der Waals surface area contributed by atoms with Crippen molar-refractivity contribution in [1.82, 2.24) is 5.32 Å². The van der Waals surface area contributed by atoms with Crippen molar-refractivity contribution in [3.63, 3.8) is 0 Å². The Hall–Kier alpha value is -1.84. The maximum atomic E-state index is 12.2. The Morgan fingerprint density at radius 3 is 2.81 bits per heavy atom. The van der Waals surface area contributed by atoms with Crippen LogP contribution in [0.4, 0.5) is 5.69 Å². The second-order valence-electron chi connectivity index (χ2n) is 5.84. The lowest BCUT2D eigenvalue weighted by Gasteiger charge is -2.19. The van der Waals surface area contributed by atoms with Crippen LogP contribution >= 0.6 is 0 Å². The molecule has 1 aliphatic rings. The number of anilines is 1. The largest absolute Gasteiger partial charge is 0.356 e. The molecule has 0 radical (unpaired) electrons. The first kappa shape index (κ1) is 15.5. The Morgan fingerprint density at radius 2 is 2.14 bits per heavy atom. The molecule has 1 aliphatic heterocycles. The lowest BCUT2D eigenvalue weighted by Crippen LogP contribution is -2.33. The van der Waals surface area contributed by atoms with E-state index in [2.05, 4.69) is 18.3 Å². The van der Waals surface area contributed by atoms with Gasteiger partial charge < -0.3 is 10.2 Å². The first-order valence-electron chi connectivity index (χ1n) is 7.68. The fraction of sp³-hybridized carbons (Fsp3) is 0.529. The summed E-state index contributed by atoms with van der Waals surface area (Å²) in [6.07, 6.45) is 2.34. The van der Waals surface area contributed by atoms with Crippen molar-refractivity contribution in [2.24, 2.45) is 5.92 Å². The first-order valence-corrected chi connectivity index (χ1v) is 7.68. The van der Waals surface area contributed by atoms with E-state index in [9.17, 15) is 9.59 Å². The van der Waals surface area contributed by atoms with E-state index in [1.165, 1.54) is 5.56 Å². The standard InChI is InChI=1S/C17H24N2O2/c1-4-5-8-18-17(21)14-10-16(20)19(11-14)15-7-6-12(2)9-13(15)3/h6-7,9,14H,4-5,8,10-11H2,1-3H3,(H,18,21). The number of aryl methyl sites for hydroxylation is 2. The van der Waals surface area contributed by atoms with Gasteiger partial charge in [0.2, 0.25) is 11.8 Å². The minimum atomic E-state index is -0.227. The average molecular weight is 288 g/mol. The number of rotatable bonds is 5. The van der Waals surface area contributed by atoms with Gasteiger partial charge in [0, 0.05) is 25.2 Å². The van der Waals surface area contributed by atoms with Crippen LogP contribution in [-0.2, 0) is 9.59 Å². The quantitative estimate of drug-likeness (QED) is 0.847. The summed E-state index contributed by atoms with van der Waals surface area (Å²) in [5.41, 5.74) is 3.18. The number of benzene rings is 1. The monoisotopic (exact) mass is 288 g/mol. The number of hydrogen-bond donors (Lipinski definition) is 1. The van der Waals surface area contributed by atoms with Crippen molar-refractivity contribution >= 4 is 17.5 Å². The van der Waals surface area contributed by atoms with Crippen molar-refractivity contribution < 1.29 is 9.59 Å². The summed E-state index contributed by atoms with van der Waals surface area (Å²) in [7, 11) is 0. The van der Waals surface area contributed by atoms with E-state index in [0.29, 0.717) is 19.5 Å². The molecule has 114 valence electrons. The molecule has 1 heterocycles. The normalized spacial score (nSPS) is 18.1. The van der Waals surface area contributed by atoms with E-state index >= 15 is 0 Å². The molecule has 0 aliphatic carbocycles. The highest BCUT2D eigenvalue weighted by atomic mass is 16.2. The molecule has 0 spiro atoms. The number of carbonyl (C=O) groups is 2. The van der Waals surface area contributed by atoms with E-state index in [-0.39, 0.29) is 17.7 Å². The average Bonchev–Trinajstić information content (AvgIpc) is 2.81. The molecule has 1 atom stereocenters. The molecule has 4 nitrogen and oxygen atoms in total. The molecule has 1 fully saturated rings. The van der Waals surface area contributed by atoms with E-state index in [0.717, 1.165) is 24.1 Å². The molecule has 0 bridgehead atoms. The van der Waals surface area contributed by atoms with Crippen molar-refractivity contribution in [3.05, 3.63) is 29.3 Å². The van der Waals surface area contributed by atoms with Gasteiger partial charge in [-0.3, -0.25) is 9.59 Å². The van der Waals surface area contributed by atoms with Gasteiger partial charge in [0.25, 0.3) is 0 Å². The Bertz CT molecular complexity index is 540. The zero-order valence-corrected chi connectivity index (χ0v) is 13.1. The highest BCUT2D eigenvalue weighted by molar-refractivity contribution is 6.00. The van der Waals surface area contributed by atoms with Gasteiger partial charge in [-0.2, -0.15) is 0 Å². The second-order valence-corrected chi connectivity index (χ2v) is 5.84. The van der Waals surface area contributed by atoms with E-state index in [4.69, 9.17) is 0 Å². The van der Waals surface area contributed by atoms with Gasteiger partial charge in [0.15, 0.2) is 0 Å². The van der Waals surface area contributed by atoms with Crippen molar-refractivity contribution in [2.75, 3.05) is 18.0 Å². The highest BCUT2D eigenvalue weighted by Crippen LogP contribution is 2.28. The summed E-state index contributed by atoms with van der Waals surface area (Å²) in [6.45, 7) is 7.31. The molecule has 0 saturated carbocycles. The molecule has 0 aromatic heterocycles. The predicted octanol–water partition coefficient (Wildman–Crippen LogP) is 2.57. The van der Waals surface area contributed by atoms with Crippen LogP contribution in [0.15, 0.2) is 18.2 Å². The fourth-order valence-electron chi connectivity index (χ4n) is 2.76. The van der Waals surface area contributed by atoms with Gasteiger partial charge in [-0.25, -0.2) is 0 Å². The number of carbonyl (C=O) groups excluding carboxylic acids is 2. The Kier molecular flexibility index (Phi) is 4.99. The van der Waals surface area contributed by atoms with Gasteiger partial charge in [0.05, 0.1) is 5.92 Å². The third-order valence-corrected chi connectivity index (χ3v) is 3.97. The first-order chi connectivity index (χ1) is 10.0. The van der Waals surface area contributed by atoms with Crippen molar-refractivity contribution in [3.8, 4) is 0 Å². The molecule has 4 heteroatoms. The molecular formula is C17H24N2O2. The van der Waals surface area contributed by atoms with Crippen molar-refractivity contribution in [2.45, 2.75) is 40.0 Å². The zero-order valence-electron chi connectivity index (χ0n) is 13.1. The van der Waals surface area contributed by atoms with Crippen LogP contribution in [-0.4, -0.2) is 24.9 Å². The molecule has 1 aromatic carbocycles. The van der Waals surface area contributed by atoms with Gasteiger partial charge >= 0.3 is 0 Å². The molecule has 1 unspecified atom stereocenters. The SMILES string of the molecule is CCCCNC(=O)C1CC(=O)N(c2ccc(C)cc2C)C1. The van der Waals surface area contributed by atoms with Gasteiger partial charge in [-0.1, -0.05) is 31.0 Å². The van der Waals surface area contributed by atoms with E-state index < -0.39 is 0 Å². The van der Waals surface area contributed by atoms with Crippen LogP contribution in [0.25, 0.3) is 0 Å². The van der Waals surface area contributed by atoms with Gasteiger partial charge in [-0.15, -0.1) is 0 Å². The minimum absolute atomic E-state index is 0.00376. The maximum Gasteiger partial charge on any atom is 0.227 e. The Morgan fingerprint density at radius 1 is 1.38 bits per heavy atom. The summed E-state index contributed by atoms with van der Waals surface area (Å²) >= 11 is 0. The van der Waals surface area contributed by atoms with E-state index in [1.54, 1.807) is 4.90 Å². The van der Waals surface area contributed by atoms with Gasteiger partial charge in [-0.05, 0) is 31.9 Å². The summed E-state index contributed by atoms with van der Waals surface area (Å²) in [4.78, 5) is 26.0. The maximum absolute atomic E-state index is 12.2. The van der Waals surface area contributed by atoms with Crippen LogP contribution in [0.3, 0.4) is 0 Å². The molecule has 2 amide bonds. The number of nitrogens with zero attached hydrogens (tertiary/aromatic N) is 1. The van der Waals surface area contributed by atoms with Crippen LogP contribution in [0, 0.1) is 19.8 Å². The molecule has 21 heavy (non-hydrogen) atoms. The third-order valence-electron chi connectivity index (χ3n) is 3.97. The summed E-state index contributed by atoms with van der Waals surface area (Å²) < 4.78 is 0. The molecule has 1 saturated heterocycles. The summed E-state index contributed by atoms with van der Waals surface area (Å²) in [5.74, 6) is -0.184. The number of hydrogen-bond acceptors (Lipinski definition) is 2. The third kappa shape index (κ3) is 3.63. The predicted molar refractivity (Wildman–Crippen MR) is 84.3 cm³/mol. The fourth-order valence-corrected chi connectivity index (χ4v) is 2.76. The van der Waals surface area contributed by atoms with E-state index in [1.807, 2.05) is 26.0 Å². The zero-order chi connectivity index (χ0) is 15.4. The lowest BCUT2D eigenvalue weighted by atomic mass is 10.1. The number of nitrogens with one attached hydrogen (secondary N) is 1. The van der Waals surface area contributed by atoms with Crippen LogP contribution in [0.2, 0.25) is 0 Å². The van der Waals surface area contributed by atoms with Crippen LogP contribution in [0.1, 0.15) is 37.3 Å². The topological polar surface area (TPSA) is 49.4 Å². The molecule has 1 aromatic rings. The minimum Gasteiger partial charge on any atom is -0.356 e. The van der Waals surface area contributed by atoms with Crippen LogP contribution in [0.5, 0.6) is 0 Å². The summed E-state index contributed by atoms with van der Waals surface area (Å²) in [5, 5.41) is 2.92. The number of unbranched alkanes of at least 4 members (excludes halogenated alkanes) is 1. The van der Waals surface area contributed by atoms with Gasteiger partial charge in [0.1, 0.15) is 0 Å². The molecule has 2 rings (SSSR count). The highest BCUT2D eigenvalue weighted by Gasteiger charge is 2.35. The Balaban J connectivity index is 2.04. The number of amides is 2. The summed E-state index contributed by atoms with van der Waals surface area (Å²) in [6, 6.07) is 6.04. The van der Waals surface area contributed by atoms with Crippen LogP contribution < -0.4 is 10.2 Å². The smallest absolute Gasteiger partial charge is 0.227 e. The molecule has 1 N–H and O–H groups in total. The lowest BCUT2D eigenvalue weighted by molar-refractivity contribution is -0.126.